The highest BCUT2D eigenvalue weighted by Gasteiger charge is 2.08. The van der Waals surface area contributed by atoms with E-state index in [-0.39, 0.29) is 5.75 Å². The average Bonchev–Trinajstić information content (AvgIpc) is 2.71. The molecule has 0 unspecified atom stereocenters. The zero-order chi connectivity index (χ0) is 11.5. The number of halogens is 1. The molecule has 1 aromatic carbocycles. The first-order chi connectivity index (χ1) is 7.72. The number of aromatic hydroxyl groups is 1. The predicted octanol–water partition coefficient (Wildman–Crippen LogP) is 2.20. The molecule has 16 heavy (non-hydrogen) atoms. The van der Waals surface area contributed by atoms with Gasteiger partial charge in [0.25, 0.3) is 0 Å². The molecule has 0 amide bonds. The molecule has 4 nitrogen and oxygen atoms in total. The Balaban J connectivity index is 2.42. The van der Waals surface area contributed by atoms with Crippen LogP contribution >= 0.6 is 0 Å². The van der Waals surface area contributed by atoms with Crippen LogP contribution in [0.15, 0.2) is 24.4 Å². The summed E-state index contributed by atoms with van der Waals surface area (Å²) in [6, 6.07) is 4.25. The Morgan fingerprint density at radius 2 is 2.25 bits per heavy atom. The Bertz CT molecular complexity index is 496. The average molecular weight is 221 g/mol. The number of hydrogen-bond acceptors (Lipinski definition) is 3. The summed E-state index contributed by atoms with van der Waals surface area (Å²) in [5, 5.41) is 16.8. The lowest BCUT2D eigenvalue weighted by molar-refractivity contribution is 0.432. The van der Waals surface area contributed by atoms with Crippen molar-refractivity contribution in [3.05, 3.63) is 30.2 Å². The highest BCUT2D eigenvalue weighted by atomic mass is 19.1. The smallest absolute Gasteiger partial charge is 0.165 e. The number of benzene rings is 1. The van der Waals surface area contributed by atoms with Crippen LogP contribution in [0, 0.1) is 5.82 Å². The van der Waals surface area contributed by atoms with E-state index >= 15 is 0 Å². The fourth-order valence-electron chi connectivity index (χ4n) is 1.52. The molecule has 0 saturated carbocycles. The van der Waals surface area contributed by atoms with E-state index in [2.05, 4.69) is 10.3 Å². The fraction of sp³-hybridized carbons (Fsp3) is 0.273. The Kier molecular flexibility index (Phi) is 2.85. The van der Waals surface area contributed by atoms with Gasteiger partial charge in [0.2, 0.25) is 0 Å². The van der Waals surface area contributed by atoms with Gasteiger partial charge in [-0.25, -0.2) is 9.07 Å². The van der Waals surface area contributed by atoms with E-state index in [1.54, 1.807) is 16.9 Å². The summed E-state index contributed by atoms with van der Waals surface area (Å²) >= 11 is 0. The van der Waals surface area contributed by atoms with E-state index in [0.29, 0.717) is 5.56 Å². The molecule has 0 radical (unpaired) electrons. The van der Waals surface area contributed by atoms with E-state index < -0.39 is 5.82 Å². The van der Waals surface area contributed by atoms with Gasteiger partial charge in [-0.15, -0.1) is 5.10 Å². The van der Waals surface area contributed by atoms with Gasteiger partial charge in [-0.1, -0.05) is 12.1 Å². The van der Waals surface area contributed by atoms with Crippen LogP contribution in [-0.4, -0.2) is 20.1 Å². The number of aryl methyl sites for hydroxylation is 1. The lowest BCUT2D eigenvalue weighted by Gasteiger charge is -2.05. The van der Waals surface area contributed by atoms with Crippen molar-refractivity contribution in [3.8, 4) is 17.0 Å². The van der Waals surface area contributed by atoms with Gasteiger partial charge in [-0.05, 0) is 24.6 Å². The number of aromatic nitrogens is 3. The van der Waals surface area contributed by atoms with Crippen LogP contribution in [-0.2, 0) is 6.54 Å². The monoisotopic (exact) mass is 221 g/mol. The second-order valence-electron chi connectivity index (χ2n) is 3.51. The number of phenolic OH excluding ortho intramolecular Hbond substituents is 1. The number of phenols is 1. The van der Waals surface area contributed by atoms with Gasteiger partial charge in [0.05, 0.1) is 11.9 Å². The van der Waals surface area contributed by atoms with Crippen molar-refractivity contribution in [2.75, 3.05) is 0 Å². The quantitative estimate of drug-likeness (QED) is 0.864. The van der Waals surface area contributed by atoms with Crippen LogP contribution in [0.4, 0.5) is 4.39 Å². The summed E-state index contributed by atoms with van der Waals surface area (Å²) in [4.78, 5) is 0. The standard InChI is InChI=1S/C11H12FN3O/c1-2-5-15-10(7-13-14-15)8-3-4-11(16)9(12)6-8/h3-4,6-7,16H,2,5H2,1H3. The molecule has 0 aliphatic carbocycles. The van der Waals surface area contributed by atoms with Gasteiger partial charge < -0.3 is 5.11 Å². The third-order valence-electron chi connectivity index (χ3n) is 2.30. The number of rotatable bonds is 3. The zero-order valence-corrected chi connectivity index (χ0v) is 8.89. The molecule has 0 aliphatic rings. The first-order valence-corrected chi connectivity index (χ1v) is 5.09. The third kappa shape index (κ3) is 1.88. The highest BCUT2D eigenvalue weighted by Crippen LogP contribution is 2.24. The molecule has 0 spiro atoms. The van der Waals surface area contributed by atoms with E-state index in [1.165, 1.54) is 12.1 Å². The number of hydrogen-bond donors (Lipinski definition) is 1. The second kappa shape index (κ2) is 4.30. The van der Waals surface area contributed by atoms with Gasteiger partial charge in [0, 0.05) is 12.1 Å². The molecule has 2 rings (SSSR count). The molecule has 0 saturated heterocycles. The molecule has 2 aromatic rings. The van der Waals surface area contributed by atoms with Crippen LogP contribution in [0.25, 0.3) is 11.3 Å². The predicted molar refractivity (Wildman–Crippen MR) is 57.4 cm³/mol. The van der Waals surface area contributed by atoms with Crippen LogP contribution in [0.2, 0.25) is 0 Å². The van der Waals surface area contributed by atoms with Gasteiger partial charge in [0.15, 0.2) is 11.6 Å². The van der Waals surface area contributed by atoms with Gasteiger partial charge in [-0.2, -0.15) is 0 Å². The molecular formula is C11H12FN3O. The van der Waals surface area contributed by atoms with Crippen molar-refractivity contribution in [2.45, 2.75) is 19.9 Å². The maximum atomic E-state index is 13.2. The van der Waals surface area contributed by atoms with Crippen molar-refractivity contribution in [1.29, 1.82) is 0 Å². The molecule has 5 heteroatoms. The summed E-state index contributed by atoms with van der Waals surface area (Å²) < 4.78 is 14.9. The highest BCUT2D eigenvalue weighted by molar-refractivity contribution is 5.59. The van der Waals surface area contributed by atoms with Gasteiger partial charge in [-0.3, -0.25) is 0 Å². The Morgan fingerprint density at radius 1 is 1.44 bits per heavy atom. The number of nitrogens with zero attached hydrogens (tertiary/aromatic N) is 3. The fourth-order valence-corrected chi connectivity index (χ4v) is 1.52. The van der Waals surface area contributed by atoms with Gasteiger partial charge >= 0.3 is 0 Å². The maximum Gasteiger partial charge on any atom is 0.165 e. The normalized spacial score (nSPS) is 10.6. The van der Waals surface area contributed by atoms with Crippen LogP contribution in [0.3, 0.4) is 0 Å². The summed E-state index contributed by atoms with van der Waals surface area (Å²) in [7, 11) is 0. The van der Waals surface area contributed by atoms with Crippen LogP contribution in [0.1, 0.15) is 13.3 Å². The van der Waals surface area contributed by atoms with Crippen molar-refractivity contribution >= 4 is 0 Å². The van der Waals surface area contributed by atoms with Gasteiger partial charge in [0.1, 0.15) is 0 Å². The lowest BCUT2D eigenvalue weighted by Crippen LogP contribution is -2.01. The minimum Gasteiger partial charge on any atom is -0.505 e. The molecular weight excluding hydrogens is 209 g/mol. The molecule has 0 atom stereocenters. The minimum absolute atomic E-state index is 0.349. The second-order valence-corrected chi connectivity index (χ2v) is 3.51. The molecule has 1 aromatic heterocycles. The van der Waals surface area contributed by atoms with Crippen molar-refractivity contribution in [1.82, 2.24) is 15.0 Å². The first-order valence-electron chi connectivity index (χ1n) is 5.09. The van der Waals surface area contributed by atoms with E-state index in [1.807, 2.05) is 6.92 Å². The Hall–Kier alpha value is -1.91. The van der Waals surface area contributed by atoms with Crippen molar-refractivity contribution < 1.29 is 9.50 Å². The first kappa shape index (κ1) is 10.6. The summed E-state index contributed by atoms with van der Waals surface area (Å²) in [5.41, 5.74) is 1.41. The van der Waals surface area contributed by atoms with E-state index in [4.69, 9.17) is 5.11 Å². The molecule has 0 aliphatic heterocycles. The summed E-state index contributed by atoms with van der Waals surface area (Å²) in [5.74, 6) is -0.986. The van der Waals surface area contributed by atoms with Crippen LogP contribution in [0.5, 0.6) is 5.75 Å². The Morgan fingerprint density at radius 3 is 2.94 bits per heavy atom. The Labute approximate surface area is 92.3 Å². The molecule has 1 heterocycles. The zero-order valence-electron chi connectivity index (χ0n) is 8.89. The topological polar surface area (TPSA) is 50.9 Å². The van der Waals surface area contributed by atoms with E-state index in [9.17, 15) is 4.39 Å². The molecule has 0 bridgehead atoms. The summed E-state index contributed by atoms with van der Waals surface area (Å²) in [6.07, 6.45) is 2.51. The maximum absolute atomic E-state index is 13.2. The molecule has 84 valence electrons. The van der Waals surface area contributed by atoms with E-state index in [0.717, 1.165) is 18.7 Å². The summed E-state index contributed by atoms with van der Waals surface area (Å²) in [6.45, 7) is 2.76. The molecule has 1 N–H and O–H groups in total. The largest absolute Gasteiger partial charge is 0.505 e. The minimum atomic E-state index is -0.637. The van der Waals surface area contributed by atoms with Crippen LogP contribution < -0.4 is 0 Å². The van der Waals surface area contributed by atoms with Crippen molar-refractivity contribution in [2.24, 2.45) is 0 Å². The third-order valence-corrected chi connectivity index (χ3v) is 2.30. The lowest BCUT2D eigenvalue weighted by atomic mass is 10.1. The molecule has 0 fully saturated rings. The SMILES string of the molecule is CCCn1nncc1-c1ccc(O)c(F)c1. The van der Waals surface area contributed by atoms with Crippen molar-refractivity contribution in [3.63, 3.8) is 0 Å².